The van der Waals surface area contributed by atoms with E-state index >= 15 is 0 Å². The maximum Gasteiger partial charge on any atom is 0.133 e. The van der Waals surface area contributed by atoms with Crippen LogP contribution in [0.4, 0.5) is 0 Å². The Hall–Kier alpha value is -1.36. The molecule has 0 fully saturated rings. The van der Waals surface area contributed by atoms with Crippen molar-refractivity contribution in [3.8, 4) is 11.5 Å². The number of ether oxygens (including phenoxy) is 1. The maximum absolute atomic E-state index is 9.11. The molecule has 2 aromatic rings. The fourth-order valence-electron chi connectivity index (χ4n) is 2.02. The first-order chi connectivity index (χ1) is 9.61. The molecule has 0 aromatic heterocycles. The first kappa shape index (κ1) is 15.0. The van der Waals surface area contributed by atoms with Gasteiger partial charge in [0.25, 0.3) is 0 Å². The molecule has 0 aliphatic heterocycles. The normalized spacial score (nSPS) is 12.2. The number of halogens is 1. The molecular formula is C16H18BrNO2. The Morgan fingerprint density at radius 3 is 2.65 bits per heavy atom. The lowest BCUT2D eigenvalue weighted by atomic mass is 10.1. The Balaban J connectivity index is 2.37. The van der Waals surface area contributed by atoms with E-state index in [0.717, 1.165) is 27.1 Å². The van der Waals surface area contributed by atoms with Crippen molar-refractivity contribution in [2.24, 2.45) is 5.73 Å². The Labute approximate surface area is 127 Å². The van der Waals surface area contributed by atoms with Crippen LogP contribution in [0.25, 0.3) is 0 Å². The SMILES string of the molecule is CC(N)c1ccc(Br)cc1Oc1ccccc1CCO. The molecule has 3 N–H and O–H groups in total. The van der Waals surface area contributed by atoms with Crippen LogP contribution in [0, 0.1) is 0 Å². The van der Waals surface area contributed by atoms with E-state index in [1.54, 1.807) is 0 Å². The fraction of sp³-hybridized carbons (Fsp3) is 0.250. The summed E-state index contributed by atoms with van der Waals surface area (Å²) < 4.78 is 6.96. The van der Waals surface area contributed by atoms with Crippen molar-refractivity contribution in [3.05, 3.63) is 58.1 Å². The molecule has 0 heterocycles. The summed E-state index contributed by atoms with van der Waals surface area (Å²) in [4.78, 5) is 0. The standard InChI is InChI=1S/C16H18BrNO2/c1-11(18)14-7-6-13(17)10-16(14)20-15-5-3-2-4-12(15)8-9-19/h2-7,10-11,19H,8-9,18H2,1H3. The summed E-state index contributed by atoms with van der Waals surface area (Å²) in [6.45, 7) is 2.02. The van der Waals surface area contributed by atoms with Crippen molar-refractivity contribution >= 4 is 15.9 Å². The van der Waals surface area contributed by atoms with E-state index in [9.17, 15) is 0 Å². The van der Waals surface area contributed by atoms with Crippen LogP contribution in [0.5, 0.6) is 11.5 Å². The zero-order valence-electron chi connectivity index (χ0n) is 11.3. The van der Waals surface area contributed by atoms with Crippen molar-refractivity contribution in [2.45, 2.75) is 19.4 Å². The van der Waals surface area contributed by atoms with Crippen LogP contribution in [-0.2, 0) is 6.42 Å². The summed E-state index contributed by atoms with van der Waals surface area (Å²) in [6.07, 6.45) is 0.567. The van der Waals surface area contributed by atoms with Crippen molar-refractivity contribution in [3.63, 3.8) is 0 Å². The predicted molar refractivity (Wildman–Crippen MR) is 84.1 cm³/mol. The van der Waals surface area contributed by atoms with Gasteiger partial charge in [-0.25, -0.2) is 0 Å². The smallest absolute Gasteiger partial charge is 0.133 e. The zero-order chi connectivity index (χ0) is 14.5. The minimum Gasteiger partial charge on any atom is -0.457 e. The zero-order valence-corrected chi connectivity index (χ0v) is 12.9. The van der Waals surface area contributed by atoms with Crippen LogP contribution < -0.4 is 10.5 Å². The van der Waals surface area contributed by atoms with Crippen LogP contribution >= 0.6 is 15.9 Å². The van der Waals surface area contributed by atoms with Gasteiger partial charge in [-0.05, 0) is 37.1 Å². The van der Waals surface area contributed by atoms with E-state index in [0.29, 0.717) is 6.42 Å². The number of para-hydroxylation sites is 1. The van der Waals surface area contributed by atoms with E-state index in [1.165, 1.54) is 0 Å². The molecule has 4 heteroatoms. The summed E-state index contributed by atoms with van der Waals surface area (Å²) in [6, 6.07) is 13.4. The first-order valence-corrected chi connectivity index (χ1v) is 7.32. The molecule has 3 nitrogen and oxygen atoms in total. The third kappa shape index (κ3) is 3.60. The molecule has 0 aliphatic rings. The lowest BCUT2D eigenvalue weighted by Gasteiger charge is -2.16. The molecule has 0 saturated carbocycles. The van der Waals surface area contributed by atoms with Crippen molar-refractivity contribution in [1.82, 2.24) is 0 Å². The van der Waals surface area contributed by atoms with Gasteiger partial charge in [-0.15, -0.1) is 0 Å². The number of benzene rings is 2. The van der Waals surface area contributed by atoms with Gasteiger partial charge in [-0.3, -0.25) is 0 Å². The minimum absolute atomic E-state index is 0.0962. The van der Waals surface area contributed by atoms with Crippen LogP contribution in [0.2, 0.25) is 0 Å². The molecule has 0 amide bonds. The van der Waals surface area contributed by atoms with Crippen molar-refractivity contribution < 1.29 is 9.84 Å². The Morgan fingerprint density at radius 1 is 1.20 bits per heavy atom. The van der Waals surface area contributed by atoms with Gasteiger partial charge < -0.3 is 15.6 Å². The van der Waals surface area contributed by atoms with Crippen LogP contribution in [0.15, 0.2) is 46.9 Å². The quantitative estimate of drug-likeness (QED) is 0.873. The number of aliphatic hydroxyl groups is 1. The maximum atomic E-state index is 9.11. The van der Waals surface area contributed by atoms with E-state index in [2.05, 4.69) is 15.9 Å². The topological polar surface area (TPSA) is 55.5 Å². The molecule has 0 spiro atoms. The Kier molecular flexibility index (Phi) is 5.17. The highest BCUT2D eigenvalue weighted by Crippen LogP contribution is 2.33. The summed E-state index contributed by atoms with van der Waals surface area (Å²) in [5.74, 6) is 1.49. The lowest BCUT2D eigenvalue weighted by molar-refractivity contribution is 0.298. The monoisotopic (exact) mass is 335 g/mol. The Morgan fingerprint density at radius 2 is 1.95 bits per heavy atom. The molecule has 0 saturated heterocycles. The summed E-state index contributed by atoms with van der Waals surface area (Å²) >= 11 is 3.45. The molecule has 2 rings (SSSR count). The lowest BCUT2D eigenvalue weighted by Crippen LogP contribution is -2.07. The predicted octanol–water partition coefficient (Wildman–Crippen LogP) is 3.80. The van der Waals surface area contributed by atoms with E-state index < -0.39 is 0 Å². The van der Waals surface area contributed by atoms with Crippen LogP contribution in [0.1, 0.15) is 24.1 Å². The molecule has 1 atom stereocenters. The molecular weight excluding hydrogens is 318 g/mol. The van der Waals surface area contributed by atoms with Crippen molar-refractivity contribution in [1.29, 1.82) is 0 Å². The summed E-state index contributed by atoms with van der Waals surface area (Å²) in [5, 5.41) is 9.11. The third-order valence-electron chi connectivity index (χ3n) is 3.04. The van der Waals surface area contributed by atoms with Gasteiger partial charge in [0.15, 0.2) is 0 Å². The number of nitrogens with two attached hydrogens (primary N) is 1. The van der Waals surface area contributed by atoms with E-state index in [4.69, 9.17) is 15.6 Å². The average Bonchev–Trinajstić information content (AvgIpc) is 2.41. The highest BCUT2D eigenvalue weighted by atomic mass is 79.9. The van der Waals surface area contributed by atoms with Gasteiger partial charge in [0.05, 0.1) is 0 Å². The molecule has 20 heavy (non-hydrogen) atoms. The van der Waals surface area contributed by atoms with Gasteiger partial charge in [-0.1, -0.05) is 40.2 Å². The summed E-state index contributed by atoms with van der Waals surface area (Å²) in [5.41, 5.74) is 7.91. The van der Waals surface area contributed by atoms with Gasteiger partial charge >= 0.3 is 0 Å². The number of hydrogen-bond acceptors (Lipinski definition) is 3. The van der Waals surface area contributed by atoms with Crippen LogP contribution in [0.3, 0.4) is 0 Å². The average molecular weight is 336 g/mol. The molecule has 0 aliphatic carbocycles. The highest BCUT2D eigenvalue weighted by molar-refractivity contribution is 9.10. The van der Waals surface area contributed by atoms with Gasteiger partial charge in [0.2, 0.25) is 0 Å². The second-order valence-electron chi connectivity index (χ2n) is 4.65. The minimum atomic E-state index is -0.108. The van der Waals surface area contributed by atoms with Gasteiger partial charge in [-0.2, -0.15) is 0 Å². The molecule has 0 bridgehead atoms. The summed E-state index contributed by atoms with van der Waals surface area (Å²) in [7, 11) is 0. The highest BCUT2D eigenvalue weighted by Gasteiger charge is 2.11. The number of aliphatic hydroxyl groups excluding tert-OH is 1. The van der Waals surface area contributed by atoms with E-state index in [1.807, 2.05) is 49.4 Å². The molecule has 1 unspecified atom stereocenters. The Bertz CT molecular complexity index is 584. The number of hydrogen-bond donors (Lipinski definition) is 2. The number of rotatable bonds is 5. The van der Waals surface area contributed by atoms with Gasteiger partial charge in [0, 0.05) is 22.7 Å². The van der Waals surface area contributed by atoms with Crippen LogP contribution in [-0.4, -0.2) is 11.7 Å². The second kappa shape index (κ2) is 6.88. The third-order valence-corrected chi connectivity index (χ3v) is 3.53. The molecule has 2 aromatic carbocycles. The first-order valence-electron chi connectivity index (χ1n) is 6.53. The fourth-order valence-corrected chi connectivity index (χ4v) is 2.36. The van der Waals surface area contributed by atoms with Crippen molar-refractivity contribution in [2.75, 3.05) is 6.61 Å². The van der Waals surface area contributed by atoms with E-state index in [-0.39, 0.29) is 12.6 Å². The molecule has 106 valence electrons. The molecule has 0 radical (unpaired) electrons. The second-order valence-corrected chi connectivity index (χ2v) is 5.57. The largest absolute Gasteiger partial charge is 0.457 e. The van der Waals surface area contributed by atoms with Gasteiger partial charge in [0.1, 0.15) is 11.5 Å².